The maximum absolute atomic E-state index is 13.0. The predicted octanol–water partition coefficient (Wildman–Crippen LogP) is 5.73. The summed E-state index contributed by atoms with van der Waals surface area (Å²) >= 11 is 3.93. The molecule has 6 heteroatoms. The quantitative estimate of drug-likeness (QED) is 0.460. The van der Waals surface area contributed by atoms with Crippen molar-refractivity contribution in [3.63, 3.8) is 0 Å². The smallest absolute Gasteiger partial charge is 0.256 e. The van der Waals surface area contributed by atoms with E-state index in [4.69, 9.17) is 4.98 Å². The average Bonchev–Trinajstić information content (AvgIpc) is 3.43. The van der Waals surface area contributed by atoms with Crippen molar-refractivity contribution in [1.29, 1.82) is 0 Å². The predicted molar refractivity (Wildman–Crippen MR) is 123 cm³/mol. The molecule has 1 aliphatic rings. The molecule has 144 valence electrons. The molecule has 0 spiro atoms. The van der Waals surface area contributed by atoms with Crippen molar-refractivity contribution in [2.75, 3.05) is 16.8 Å². The lowest BCUT2D eigenvalue weighted by atomic mass is 10.1. The number of nitrogens with zero attached hydrogens (tertiary/aromatic N) is 2. The molecule has 0 unspecified atom stereocenters. The maximum atomic E-state index is 13.0. The van der Waals surface area contributed by atoms with Crippen LogP contribution in [-0.4, -0.2) is 26.8 Å². The van der Waals surface area contributed by atoms with Crippen molar-refractivity contribution in [2.24, 2.45) is 0 Å². The number of amides is 1. The summed E-state index contributed by atoms with van der Waals surface area (Å²) in [6.07, 6.45) is 1.92. The van der Waals surface area contributed by atoms with Crippen LogP contribution in [0.5, 0.6) is 0 Å². The van der Waals surface area contributed by atoms with Gasteiger partial charge in [0.1, 0.15) is 17.2 Å². The van der Waals surface area contributed by atoms with Crippen LogP contribution in [-0.2, 0) is 0 Å². The number of carbonyl (C=O) groups excluding carboxylic acids is 1. The summed E-state index contributed by atoms with van der Waals surface area (Å²) in [7, 11) is 0. The monoisotopic (exact) mass is 417 g/mol. The fourth-order valence-corrected chi connectivity index (χ4v) is 6.29. The van der Waals surface area contributed by atoms with Crippen LogP contribution >= 0.6 is 23.5 Å². The van der Waals surface area contributed by atoms with E-state index in [-0.39, 0.29) is 5.91 Å². The first-order valence-corrected chi connectivity index (χ1v) is 11.6. The Morgan fingerprint density at radius 3 is 2.41 bits per heavy atom. The third-order valence-corrected chi connectivity index (χ3v) is 7.98. The maximum Gasteiger partial charge on any atom is 0.256 e. The molecule has 0 bridgehead atoms. The average molecular weight is 418 g/mol. The van der Waals surface area contributed by atoms with Gasteiger partial charge in [-0.2, -0.15) is 0 Å². The van der Waals surface area contributed by atoms with Gasteiger partial charge in [-0.3, -0.25) is 9.20 Å². The lowest BCUT2D eigenvalue weighted by molar-refractivity contribution is 0.102. The summed E-state index contributed by atoms with van der Waals surface area (Å²) in [6, 6.07) is 23.7. The third kappa shape index (κ3) is 3.66. The second-order valence-corrected chi connectivity index (χ2v) is 9.48. The zero-order valence-corrected chi connectivity index (χ0v) is 17.2. The van der Waals surface area contributed by atoms with Gasteiger partial charge >= 0.3 is 0 Å². The van der Waals surface area contributed by atoms with Gasteiger partial charge < -0.3 is 5.32 Å². The summed E-state index contributed by atoms with van der Waals surface area (Å²) in [6.45, 7) is 0. The largest absolute Gasteiger partial charge is 0.306 e. The fraction of sp³-hybridized carbons (Fsp3) is 0.130. The third-order valence-electron chi connectivity index (χ3n) is 4.88. The van der Waals surface area contributed by atoms with Crippen molar-refractivity contribution in [1.82, 2.24) is 9.38 Å². The van der Waals surface area contributed by atoms with Gasteiger partial charge in [0.15, 0.2) is 0 Å². The zero-order valence-electron chi connectivity index (χ0n) is 15.6. The molecular weight excluding hydrogens is 398 g/mol. The van der Waals surface area contributed by atoms with Crippen LogP contribution in [0.25, 0.3) is 16.9 Å². The molecule has 1 amide bonds. The van der Waals surface area contributed by atoms with Crippen molar-refractivity contribution in [3.8, 4) is 11.3 Å². The number of thioether (sulfide) groups is 2. The van der Waals surface area contributed by atoms with E-state index in [0.29, 0.717) is 16.0 Å². The summed E-state index contributed by atoms with van der Waals surface area (Å²) in [5.41, 5.74) is 4.45. The Morgan fingerprint density at radius 1 is 0.931 bits per heavy atom. The van der Waals surface area contributed by atoms with Crippen LogP contribution in [0, 0.1) is 0 Å². The first-order valence-electron chi connectivity index (χ1n) is 9.46. The number of fused-ring (bicyclic) bond motifs is 1. The van der Waals surface area contributed by atoms with E-state index < -0.39 is 0 Å². The van der Waals surface area contributed by atoms with E-state index in [9.17, 15) is 4.79 Å². The van der Waals surface area contributed by atoms with E-state index in [1.807, 2.05) is 94.8 Å². The van der Waals surface area contributed by atoms with Gasteiger partial charge in [-0.15, -0.1) is 23.5 Å². The number of aromatic nitrogens is 2. The normalized spacial score (nSPS) is 14.3. The number of rotatable bonds is 4. The molecule has 1 fully saturated rings. The molecule has 4 nitrogen and oxygen atoms in total. The first-order chi connectivity index (χ1) is 14.3. The molecule has 0 saturated carbocycles. The van der Waals surface area contributed by atoms with Gasteiger partial charge in [0.2, 0.25) is 0 Å². The minimum atomic E-state index is -0.133. The lowest BCUT2D eigenvalue weighted by Gasteiger charge is -2.10. The molecule has 1 N–H and O–H groups in total. The van der Waals surface area contributed by atoms with Gasteiger partial charge in [0.05, 0.1) is 4.58 Å². The van der Waals surface area contributed by atoms with Gasteiger partial charge in [-0.25, -0.2) is 4.98 Å². The van der Waals surface area contributed by atoms with Gasteiger partial charge in [-0.05, 0) is 29.8 Å². The van der Waals surface area contributed by atoms with Gasteiger partial charge in [0.25, 0.3) is 5.91 Å². The van der Waals surface area contributed by atoms with Gasteiger partial charge in [-0.1, -0.05) is 48.5 Å². The Hall–Kier alpha value is -2.70. The van der Waals surface area contributed by atoms with E-state index in [0.717, 1.165) is 16.9 Å². The Kier molecular flexibility index (Phi) is 5.04. The van der Waals surface area contributed by atoms with Crippen molar-refractivity contribution < 1.29 is 4.79 Å². The van der Waals surface area contributed by atoms with Gasteiger partial charge in [0, 0.05) is 28.8 Å². The number of hydrogen-bond acceptors (Lipinski definition) is 4. The van der Waals surface area contributed by atoms with Crippen molar-refractivity contribution >= 4 is 40.9 Å². The summed E-state index contributed by atoms with van der Waals surface area (Å²) in [5.74, 6) is 2.93. The topological polar surface area (TPSA) is 46.4 Å². The Labute approximate surface area is 177 Å². The number of anilines is 1. The zero-order chi connectivity index (χ0) is 19.6. The standard InChI is InChI=1S/C23H19N3OS2/c27-22(17-9-11-18(12-10-17)23-28-14-15-29-23)25-21-20(16-6-2-1-3-7-16)24-19-8-4-5-13-26(19)21/h1-13,23H,14-15H2,(H,25,27). The molecule has 1 saturated heterocycles. The summed E-state index contributed by atoms with van der Waals surface area (Å²) < 4.78 is 2.40. The molecule has 0 atom stereocenters. The number of pyridine rings is 1. The highest BCUT2D eigenvalue weighted by atomic mass is 32.2. The summed E-state index contributed by atoms with van der Waals surface area (Å²) in [4.78, 5) is 17.7. The Balaban J connectivity index is 1.47. The highest BCUT2D eigenvalue weighted by Crippen LogP contribution is 2.45. The second kappa shape index (κ2) is 7.97. The Bertz CT molecular complexity index is 1150. The van der Waals surface area contributed by atoms with Crippen molar-refractivity contribution in [2.45, 2.75) is 4.58 Å². The fourth-order valence-electron chi connectivity index (χ4n) is 3.43. The molecule has 1 aliphatic heterocycles. The van der Waals surface area contributed by atoms with Crippen LogP contribution < -0.4 is 5.32 Å². The molecule has 0 aliphatic carbocycles. The SMILES string of the molecule is O=C(Nc1c(-c2ccccc2)nc2ccccn12)c1ccc(C2SCCS2)cc1. The minimum absolute atomic E-state index is 0.133. The molecule has 3 heterocycles. The number of hydrogen-bond donors (Lipinski definition) is 1. The van der Waals surface area contributed by atoms with E-state index in [2.05, 4.69) is 17.4 Å². The molecular formula is C23H19N3OS2. The Morgan fingerprint density at radius 2 is 1.66 bits per heavy atom. The molecule has 5 rings (SSSR count). The highest BCUT2D eigenvalue weighted by molar-refractivity contribution is 8.19. The number of nitrogens with one attached hydrogen (secondary N) is 1. The van der Waals surface area contributed by atoms with Crippen LogP contribution in [0.15, 0.2) is 79.0 Å². The molecule has 29 heavy (non-hydrogen) atoms. The lowest BCUT2D eigenvalue weighted by Crippen LogP contribution is -2.14. The molecule has 2 aromatic carbocycles. The molecule has 4 aromatic rings. The summed E-state index contributed by atoms with van der Waals surface area (Å²) in [5, 5.41) is 3.09. The number of imidazole rings is 1. The van der Waals surface area contributed by atoms with Crippen molar-refractivity contribution in [3.05, 3.63) is 90.1 Å². The first kappa shape index (κ1) is 18.3. The van der Waals surface area contributed by atoms with Crippen LogP contribution in [0.3, 0.4) is 0 Å². The molecule has 0 radical (unpaired) electrons. The second-order valence-electron chi connectivity index (χ2n) is 6.75. The number of benzene rings is 2. The minimum Gasteiger partial charge on any atom is -0.306 e. The van der Waals surface area contributed by atoms with E-state index in [1.165, 1.54) is 17.1 Å². The van der Waals surface area contributed by atoms with Crippen LogP contribution in [0.1, 0.15) is 20.5 Å². The molecule has 2 aromatic heterocycles. The van der Waals surface area contributed by atoms with Crippen LogP contribution in [0.4, 0.5) is 5.82 Å². The van der Waals surface area contributed by atoms with E-state index >= 15 is 0 Å². The number of carbonyl (C=O) groups is 1. The van der Waals surface area contributed by atoms with Crippen LogP contribution in [0.2, 0.25) is 0 Å². The highest BCUT2D eigenvalue weighted by Gasteiger charge is 2.20. The van der Waals surface area contributed by atoms with E-state index in [1.54, 1.807) is 0 Å².